The lowest BCUT2D eigenvalue weighted by atomic mass is 9.79. The molecule has 2 atom stereocenters. The van der Waals surface area contributed by atoms with E-state index in [9.17, 15) is 14.4 Å². The highest BCUT2D eigenvalue weighted by Gasteiger charge is 2.55. The van der Waals surface area contributed by atoms with Gasteiger partial charge in [-0.1, -0.05) is 30.3 Å². The van der Waals surface area contributed by atoms with Crippen LogP contribution in [0, 0.1) is 11.8 Å². The number of methoxy groups -OCH3 is 1. The third kappa shape index (κ3) is 5.45. The first-order valence-corrected chi connectivity index (χ1v) is 9.34. The van der Waals surface area contributed by atoms with Gasteiger partial charge in [-0.2, -0.15) is 0 Å². The van der Waals surface area contributed by atoms with Gasteiger partial charge in [0.05, 0.1) is 13.0 Å². The average Bonchev–Trinajstić information content (AvgIpc) is 2.63. The molecule has 0 radical (unpaired) electrons. The van der Waals surface area contributed by atoms with Crippen LogP contribution in [0.1, 0.15) is 32.8 Å². The van der Waals surface area contributed by atoms with Crippen molar-refractivity contribution in [3.05, 3.63) is 35.9 Å². The second-order valence-electron chi connectivity index (χ2n) is 8.01. The second kappa shape index (κ2) is 8.79. The zero-order chi connectivity index (χ0) is 21.8. The van der Waals surface area contributed by atoms with Crippen LogP contribution < -0.4 is 11.5 Å². The maximum Gasteiger partial charge on any atom is 0.412 e. The largest absolute Gasteiger partial charge is 0.461 e. The van der Waals surface area contributed by atoms with Crippen molar-refractivity contribution in [1.29, 1.82) is 0 Å². The van der Waals surface area contributed by atoms with E-state index in [0.29, 0.717) is 0 Å². The highest BCUT2D eigenvalue weighted by atomic mass is 16.6. The zero-order valence-electron chi connectivity index (χ0n) is 17.2. The summed E-state index contributed by atoms with van der Waals surface area (Å²) >= 11 is 0. The number of rotatable bonds is 4. The Morgan fingerprint density at radius 1 is 1.14 bits per heavy atom. The Kier molecular flexibility index (Phi) is 6.86. The molecule has 0 saturated carbocycles. The van der Waals surface area contributed by atoms with Crippen LogP contribution in [0.5, 0.6) is 0 Å². The number of ether oxygens (including phenoxy) is 3. The summed E-state index contributed by atoms with van der Waals surface area (Å²) < 4.78 is 15.5. The molecule has 1 aromatic carbocycles. The van der Waals surface area contributed by atoms with Crippen LogP contribution in [-0.2, 0) is 30.4 Å². The number of hydrogen-bond donors (Lipinski definition) is 2. The maximum absolute atomic E-state index is 12.9. The minimum Gasteiger partial charge on any atom is -0.461 e. The molecule has 1 heterocycles. The highest BCUT2D eigenvalue weighted by Crippen LogP contribution is 2.35. The highest BCUT2D eigenvalue weighted by molar-refractivity contribution is 5.85. The zero-order valence-corrected chi connectivity index (χ0v) is 17.2. The van der Waals surface area contributed by atoms with Crippen LogP contribution in [-0.4, -0.2) is 48.0 Å². The maximum atomic E-state index is 12.9. The Morgan fingerprint density at radius 2 is 1.76 bits per heavy atom. The van der Waals surface area contributed by atoms with Gasteiger partial charge < -0.3 is 14.2 Å². The van der Waals surface area contributed by atoms with Gasteiger partial charge in [0.1, 0.15) is 18.1 Å². The van der Waals surface area contributed by atoms with E-state index in [-0.39, 0.29) is 19.6 Å². The monoisotopic (exact) mass is 407 g/mol. The number of carbonyl (C=O) groups is 3. The molecular weight excluding hydrogens is 378 g/mol. The summed E-state index contributed by atoms with van der Waals surface area (Å²) in [6, 6.07) is 9.13. The Balaban J connectivity index is 2.27. The molecule has 1 fully saturated rings. The van der Waals surface area contributed by atoms with Gasteiger partial charge >= 0.3 is 18.0 Å². The van der Waals surface area contributed by atoms with Crippen molar-refractivity contribution < 1.29 is 28.6 Å². The molecule has 0 bridgehead atoms. The van der Waals surface area contributed by atoms with Gasteiger partial charge in [-0.15, -0.1) is 0 Å². The normalized spacial score (nSPS) is 21.2. The molecule has 1 aromatic rings. The number of hydrogen-bond acceptors (Lipinski definition) is 8. The van der Waals surface area contributed by atoms with Gasteiger partial charge in [0, 0.05) is 6.54 Å². The van der Waals surface area contributed by atoms with E-state index in [4.69, 9.17) is 25.7 Å². The number of nitrogens with two attached hydrogens (primary N) is 2. The molecule has 1 aliphatic rings. The van der Waals surface area contributed by atoms with Crippen molar-refractivity contribution in [3.63, 3.8) is 0 Å². The molecule has 1 saturated heterocycles. The predicted molar refractivity (Wildman–Crippen MR) is 104 cm³/mol. The van der Waals surface area contributed by atoms with Crippen LogP contribution in [0.25, 0.3) is 0 Å². The van der Waals surface area contributed by atoms with E-state index >= 15 is 0 Å². The summed E-state index contributed by atoms with van der Waals surface area (Å²) in [5.74, 6) is -5.68. The molecule has 9 nitrogen and oxygen atoms in total. The predicted octanol–water partition coefficient (Wildman–Crippen LogP) is 1.35. The fraction of sp³-hybridized carbons (Fsp3) is 0.550. The summed E-state index contributed by atoms with van der Waals surface area (Å²) in [6.07, 6.45) is -0.664. The molecule has 0 unspecified atom stereocenters. The summed E-state index contributed by atoms with van der Waals surface area (Å²) in [4.78, 5) is 38.8. The number of benzene rings is 1. The van der Waals surface area contributed by atoms with Crippen LogP contribution in [0.3, 0.4) is 0 Å². The van der Waals surface area contributed by atoms with E-state index in [1.54, 1.807) is 20.8 Å². The Bertz CT molecular complexity index is 744. The molecule has 9 heteroatoms. The first-order chi connectivity index (χ1) is 13.5. The number of amides is 1. The van der Waals surface area contributed by atoms with Crippen molar-refractivity contribution in [2.45, 2.75) is 45.2 Å². The molecule has 0 aromatic heterocycles. The minimum absolute atomic E-state index is 0.0318. The van der Waals surface area contributed by atoms with Crippen molar-refractivity contribution in [1.82, 2.24) is 4.90 Å². The van der Waals surface area contributed by atoms with Crippen LogP contribution in [0.15, 0.2) is 30.3 Å². The van der Waals surface area contributed by atoms with Crippen LogP contribution in [0.4, 0.5) is 4.79 Å². The van der Waals surface area contributed by atoms with E-state index in [0.717, 1.165) is 10.5 Å². The smallest absolute Gasteiger partial charge is 0.412 e. The van der Waals surface area contributed by atoms with Gasteiger partial charge in [-0.3, -0.25) is 26.0 Å². The molecule has 1 aliphatic heterocycles. The molecule has 29 heavy (non-hydrogen) atoms. The van der Waals surface area contributed by atoms with E-state index in [2.05, 4.69) is 0 Å². The van der Waals surface area contributed by atoms with E-state index < -0.39 is 41.3 Å². The topological polar surface area (TPSA) is 134 Å². The van der Waals surface area contributed by atoms with Crippen molar-refractivity contribution in [2.24, 2.45) is 23.3 Å². The Morgan fingerprint density at radius 3 is 2.31 bits per heavy atom. The fourth-order valence-corrected chi connectivity index (χ4v) is 3.29. The summed E-state index contributed by atoms with van der Waals surface area (Å²) in [5.41, 5.74) is 12.3. The molecule has 160 valence electrons. The third-order valence-corrected chi connectivity index (χ3v) is 4.61. The number of esters is 2. The molecule has 0 spiro atoms. The SMILES string of the molecule is COC(=O)N1CC[C@H](C(=O)OCc2ccccc2)[C@@H](C(=O)OC(C)(C)C)C1(N)N. The number of carbonyl (C=O) groups excluding carboxylic acids is 3. The Hall–Kier alpha value is -2.65. The molecule has 0 aliphatic carbocycles. The first kappa shape index (κ1) is 22.6. The molecule has 1 amide bonds. The van der Waals surface area contributed by atoms with Gasteiger partial charge in [-0.05, 0) is 32.8 Å². The third-order valence-electron chi connectivity index (χ3n) is 4.61. The number of likely N-dealkylation sites (tertiary alicyclic amines) is 1. The van der Waals surface area contributed by atoms with Crippen LogP contribution >= 0.6 is 0 Å². The van der Waals surface area contributed by atoms with Gasteiger partial charge in [0.15, 0.2) is 5.79 Å². The molecule has 4 N–H and O–H groups in total. The Labute approximate surface area is 170 Å². The first-order valence-electron chi connectivity index (χ1n) is 9.34. The van der Waals surface area contributed by atoms with Gasteiger partial charge in [0.25, 0.3) is 0 Å². The lowest BCUT2D eigenvalue weighted by Gasteiger charge is -2.47. The second-order valence-corrected chi connectivity index (χ2v) is 8.01. The quantitative estimate of drug-likeness (QED) is 0.434. The van der Waals surface area contributed by atoms with Gasteiger partial charge in [0.2, 0.25) is 0 Å². The standard InChI is InChI=1S/C20H29N3O6/c1-19(2,3)29-17(25)15-14(10-11-23(18(26)27-4)20(15,21)22)16(24)28-12-13-8-6-5-7-9-13/h5-9,14-15H,10-12,21-22H2,1-4H3/t14-,15-/m0/s1. The minimum atomic E-state index is -1.98. The van der Waals surface area contributed by atoms with Crippen LogP contribution in [0.2, 0.25) is 0 Å². The summed E-state index contributed by atoms with van der Waals surface area (Å²) in [7, 11) is 1.18. The van der Waals surface area contributed by atoms with E-state index in [1.165, 1.54) is 7.11 Å². The molecule has 2 rings (SSSR count). The fourth-order valence-electron chi connectivity index (χ4n) is 3.29. The molecular formula is C20H29N3O6. The lowest BCUT2D eigenvalue weighted by Crippen LogP contribution is -2.75. The average molecular weight is 407 g/mol. The summed E-state index contributed by atoms with van der Waals surface area (Å²) in [6.45, 7) is 5.12. The summed E-state index contributed by atoms with van der Waals surface area (Å²) in [5, 5.41) is 0. The lowest BCUT2D eigenvalue weighted by molar-refractivity contribution is -0.180. The number of nitrogens with zero attached hydrogens (tertiary/aromatic N) is 1. The van der Waals surface area contributed by atoms with Crippen molar-refractivity contribution >= 4 is 18.0 Å². The van der Waals surface area contributed by atoms with E-state index in [1.807, 2.05) is 30.3 Å². The number of piperidine rings is 1. The van der Waals surface area contributed by atoms with Gasteiger partial charge in [-0.25, -0.2) is 4.79 Å². The van der Waals surface area contributed by atoms with Crippen molar-refractivity contribution in [3.8, 4) is 0 Å². The van der Waals surface area contributed by atoms with Crippen molar-refractivity contribution in [2.75, 3.05) is 13.7 Å².